The number of alkyl halides is 1. The van der Waals surface area contributed by atoms with E-state index in [0.717, 1.165) is 0 Å². The zero-order valence-corrected chi connectivity index (χ0v) is 21.0. The zero-order chi connectivity index (χ0) is 23.0. The number of hydrogen-bond acceptors (Lipinski definition) is 5. The molecule has 1 aromatic heterocycles. The Morgan fingerprint density at radius 1 is 1.29 bits per heavy atom. The lowest BCUT2D eigenvalue weighted by molar-refractivity contribution is 0.0564. The van der Waals surface area contributed by atoms with Crippen molar-refractivity contribution < 1.29 is 22.3 Å². The SMILES string of the molecule is CC(C)(NS(=O)(=O)c1cc(Br)cnc1N1CCCC(F)(CO)C1)c1ccc(Br)cc1F. The zero-order valence-electron chi connectivity index (χ0n) is 17.0. The van der Waals surface area contributed by atoms with Crippen LogP contribution in [0.5, 0.6) is 0 Å². The molecule has 3 rings (SSSR count). The van der Waals surface area contributed by atoms with E-state index in [9.17, 15) is 22.3 Å². The molecular formula is C20H23Br2F2N3O3S. The standard InChI is InChI=1S/C20H23Br2F2N3O3S/c1-19(2,15-5-4-13(21)8-16(15)23)26-31(29,30)17-9-14(22)10-25-18(17)27-7-3-6-20(24,11-27)12-28/h4-5,8-10,26,28H,3,6-7,11-12H2,1-2H3. The van der Waals surface area contributed by atoms with Gasteiger partial charge in [0.25, 0.3) is 0 Å². The topological polar surface area (TPSA) is 82.5 Å². The van der Waals surface area contributed by atoms with E-state index in [1.165, 1.54) is 29.3 Å². The summed E-state index contributed by atoms with van der Waals surface area (Å²) >= 11 is 6.43. The highest BCUT2D eigenvalue weighted by Crippen LogP contribution is 2.34. The van der Waals surface area contributed by atoms with Gasteiger partial charge in [-0.05, 0) is 60.8 Å². The first-order valence-electron chi connectivity index (χ1n) is 9.57. The van der Waals surface area contributed by atoms with Crippen LogP contribution in [0.15, 0.2) is 44.3 Å². The fourth-order valence-electron chi connectivity index (χ4n) is 3.69. The van der Waals surface area contributed by atoms with Crippen LogP contribution in [-0.2, 0) is 15.6 Å². The van der Waals surface area contributed by atoms with Crippen molar-refractivity contribution in [3.8, 4) is 0 Å². The third-order valence-electron chi connectivity index (χ3n) is 5.19. The van der Waals surface area contributed by atoms with Gasteiger partial charge in [0.05, 0.1) is 18.7 Å². The molecule has 1 saturated heterocycles. The Labute approximate surface area is 197 Å². The molecule has 6 nitrogen and oxygen atoms in total. The highest BCUT2D eigenvalue weighted by Gasteiger charge is 2.38. The van der Waals surface area contributed by atoms with Crippen LogP contribution in [0.2, 0.25) is 0 Å². The van der Waals surface area contributed by atoms with Crippen LogP contribution in [0.4, 0.5) is 14.6 Å². The molecule has 1 aromatic carbocycles. The lowest BCUT2D eigenvalue weighted by Crippen LogP contribution is -2.49. The number of anilines is 1. The maximum absolute atomic E-state index is 14.8. The quantitative estimate of drug-likeness (QED) is 0.532. The fraction of sp³-hybridized carbons (Fsp3) is 0.450. The van der Waals surface area contributed by atoms with Gasteiger partial charge >= 0.3 is 0 Å². The van der Waals surface area contributed by atoms with E-state index in [-0.39, 0.29) is 29.2 Å². The molecule has 0 spiro atoms. The largest absolute Gasteiger partial charge is 0.393 e. The summed E-state index contributed by atoms with van der Waals surface area (Å²) in [6.45, 7) is 2.68. The average Bonchev–Trinajstić information content (AvgIpc) is 2.67. The van der Waals surface area contributed by atoms with Gasteiger partial charge in [0.1, 0.15) is 16.5 Å². The minimum Gasteiger partial charge on any atom is -0.393 e. The number of aromatic nitrogens is 1. The molecule has 1 unspecified atom stereocenters. The summed E-state index contributed by atoms with van der Waals surface area (Å²) in [5.41, 5.74) is -2.94. The van der Waals surface area contributed by atoms with Gasteiger partial charge in [-0.25, -0.2) is 26.9 Å². The molecule has 0 aliphatic carbocycles. The molecule has 0 saturated carbocycles. The fourth-order valence-corrected chi connectivity index (χ4v) is 6.10. The predicted molar refractivity (Wildman–Crippen MR) is 122 cm³/mol. The number of aliphatic hydroxyl groups excluding tert-OH is 1. The van der Waals surface area contributed by atoms with Crippen LogP contribution in [0, 0.1) is 5.82 Å². The highest BCUT2D eigenvalue weighted by atomic mass is 79.9. The van der Waals surface area contributed by atoms with Crippen LogP contribution in [0.1, 0.15) is 32.3 Å². The van der Waals surface area contributed by atoms with E-state index in [4.69, 9.17) is 0 Å². The van der Waals surface area contributed by atoms with E-state index in [1.807, 2.05) is 0 Å². The molecule has 31 heavy (non-hydrogen) atoms. The van der Waals surface area contributed by atoms with E-state index >= 15 is 0 Å². The van der Waals surface area contributed by atoms with Gasteiger partial charge in [-0.1, -0.05) is 22.0 Å². The molecule has 2 N–H and O–H groups in total. The Morgan fingerprint density at radius 2 is 2.00 bits per heavy atom. The monoisotopic (exact) mass is 581 g/mol. The van der Waals surface area contributed by atoms with Crippen LogP contribution in [-0.4, -0.2) is 43.9 Å². The maximum atomic E-state index is 14.8. The second-order valence-corrected chi connectivity index (χ2v) is 11.6. The second kappa shape index (κ2) is 9.01. The first-order chi connectivity index (χ1) is 14.4. The number of benzene rings is 1. The second-order valence-electron chi connectivity index (χ2n) is 8.16. The molecule has 2 heterocycles. The molecule has 0 bridgehead atoms. The summed E-state index contributed by atoms with van der Waals surface area (Å²) in [6, 6.07) is 5.78. The van der Waals surface area contributed by atoms with Crippen molar-refractivity contribution in [2.75, 3.05) is 24.6 Å². The van der Waals surface area contributed by atoms with E-state index in [0.29, 0.717) is 21.9 Å². The van der Waals surface area contributed by atoms with Crippen molar-refractivity contribution in [2.24, 2.45) is 0 Å². The summed E-state index contributed by atoms with van der Waals surface area (Å²) < 4.78 is 59.6. The van der Waals surface area contributed by atoms with Gasteiger partial charge in [-0.2, -0.15) is 0 Å². The van der Waals surface area contributed by atoms with Crippen molar-refractivity contribution in [3.63, 3.8) is 0 Å². The molecular weight excluding hydrogens is 560 g/mol. The van der Waals surface area contributed by atoms with Gasteiger partial charge in [0, 0.05) is 27.3 Å². The molecule has 0 radical (unpaired) electrons. The number of halogens is 4. The number of hydrogen-bond donors (Lipinski definition) is 2. The molecule has 1 aliphatic heterocycles. The number of nitrogens with zero attached hydrogens (tertiary/aromatic N) is 2. The number of sulfonamides is 1. The summed E-state index contributed by atoms with van der Waals surface area (Å²) in [5, 5.41) is 9.41. The molecule has 11 heteroatoms. The molecule has 170 valence electrons. The first-order valence-corrected chi connectivity index (χ1v) is 12.6. The average molecular weight is 583 g/mol. The number of aliphatic hydroxyl groups is 1. The summed E-state index contributed by atoms with van der Waals surface area (Å²) in [6.07, 6.45) is 2.06. The minimum absolute atomic E-state index is 0.0814. The molecule has 1 atom stereocenters. The highest BCUT2D eigenvalue weighted by molar-refractivity contribution is 9.10. The van der Waals surface area contributed by atoms with Crippen molar-refractivity contribution >= 4 is 47.7 Å². The maximum Gasteiger partial charge on any atom is 0.245 e. The van der Waals surface area contributed by atoms with Gasteiger partial charge < -0.3 is 10.0 Å². The molecule has 2 aromatic rings. The summed E-state index contributed by atoms with van der Waals surface area (Å²) in [7, 11) is -4.19. The lowest BCUT2D eigenvalue weighted by Gasteiger charge is -2.37. The number of piperidine rings is 1. The number of rotatable bonds is 6. The molecule has 1 fully saturated rings. The summed E-state index contributed by atoms with van der Waals surface area (Å²) in [4.78, 5) is 5.60. The summed E-state index contributed by atoms with van der Waals surface area (Å²) in [5.74, 6) is -0.478. The van der Waals surface area contributed by atoms with Crippen molar-refractivity contribution in [3.05, 3.63) is 50.8 Å². The van der Waals surface area contributed by atoms with Crippen molar-refractivity contribution in [1.29, 1.82) is 0 Å². The van der Waals surface area contributed by atoms with Gasteiger partial charge in [0.15, 0.2) is 5.67 Å². The normalized spacial score (nSPS) is 20.2. The molecule has 1 aliphatic rings. The predicted octanol–water partition coefficient (Wildman–Crippen LogP) is 4.26. The van der Waals surface area contributed by atoms with Gasteiger partial charge in [-0.15, -0.1) is 0 Å². The Balaban J connectivity index is 2.00. The Kier molecular flexibility index (Phi) is 7.12. The minimum atomic E-state index is -4.19. The van der Waals surface area contributed by atoms with Crippen LogP contribution < -0.4 is 9.62 Å². The Morgan fingerprint density at radius 3 is 2.65 bits per heavy atom. The van der Waals surface area contributed by atoms with Crippen molar-refractivity contribution in [2.45, 2.75) is 42.8 Å². The number of nitrogens with one attached hydrogen (secondary N) is 1. The number of pyridine rings is 1. The van der Waals surface area contributed by atoms with E-state index < -0.39 is 33.7 Å². The first kappa shape index (κ1) is 24.5. The lowest BCUT2D eigenvalue weighted by atomic mass is 9.95. The Bertz CT molecular complexity index is 1090. The third-order valence-corrected chi connectivity index (χ3v) is 7.78. The van der Waals surface area contributed by atoms with Crippen LogP contribution in [0.25, 0.3) is 0 Å². The smallest absolute Gasteiger partial charge is 0.245 e. The van der Waals surface area contributed by atoms with Crippen LogP contribution in [0.3, 0.4) is 0 Å². The van der Waals surface area contributed by atoms with E-state index in [2.05, 4.69) is 41.6 Å². The van der Waals surface area contributed by atoms with Gasteiger partial charge in [-0.3, -0.25) is 0 Å². The van der Waals surface area contributed by atoms with Gasteiger partial charge in [0.2, 0.25) is 10.0 Å². The third kappa shape index (κ3) is 5.44. The van der Waals surface area contributed by atoms with E-state index in [1.54, 1.807) is 19.9 Å². The van der Waals surface area contributed by atoms with Crippen molar-refractivity contribution in [1.82, 2.24) is 9.71 Å². The molecule has 0 amide bonds. The van der Waals surface area contributed by atoms with Crippen LogP contribution >= 0.6 is 31.9 Å². The Hall–Kier alpha value is -1.14.